The maximum absolute atomic E-state index is 13.3. The van der Waals surface area contributed by atoms with Crippen molar-refractivity contribution in [3.63, 3.8) is 0 Å². The molecule has 0 radical (unpaired) electrons. The van der Waals surface area contributed by atoms with E-state index in [-0.39, 0.29) is 12.2 Å². The van der Waals surface area contributed by atoms with Crippen molar-refractivity contribution in [2.75, 3.05) is 11.5 Å². The van der Waals surface area contributed by atoms with Crippen LogP contribution in [-0.2, 0) is 29.5 Å². The van der Waals surface area contributed by atoms with Crippen LogP contribution in [0, 0.1) is 5.92 Å². The number of hydrogen-bond acceptors (Lipinski definition) is 6. The highest BCUT2D eigenvalue weighted by Gasteiger charge is 2.66. The third-order valence-corrected chi connectivity index (χ3v) is 5.89. The van der Waals surface area contributed by atoms with Crippen LogP contribution in [0.4, 0.5) is 17.6 Å². The predicted octanol–water partition coefficient (Wildman–Crippen LogP) is 0.859. The van der Waals surface area contributed by atoms with Gasteiger partial charge in [0.05, 0.1) is 23.8 Å². The van der Waals surface area contributed by atoms with E-state index in [1.165, 1.54) is 0 Å². The number of carbonyl (C=O) groups is 1. The second-order valence-electron chi connectivity index (χ2n) is 5.25. The maximum atomic E-state index is 13.3. The highest BCUT2D eigenvalue weighted by atomic mass is 32.2. The van der Waals surface area contributed by atoms with Crippen LogP contribution in [0.1, 0.15) is 19.8 Å². The molecule has 2 atom stereocenters. The summed E-state index contributed by atoms with van der Waals surface area (Å²) in [6.07, 6.45) is -3.77. The summed E-state index contributed by atoms with van der Waals surface area (Å²) in [5.41, 5.74) is 0. The van der Waals surface area contributed by atoms with E-state index >= 15 is 0 Å². The van der Waals surface area contributed by atoms with Crippen molar-refractivity contribution < 1.29 is 48.5 Å². The second kappa shape index (κ2) is 6.16. The number of sulfone groups is 1. The molecule has 0 saturated carbocycles. The summed E-state index contributed by atoms with van der Waals surface area (Å²) in [7, 11) is -9.80. The topological polar surface area (TPSA) is 115 Å². The Bertz CT molecular complexity index is 671. The molecular formula is C10H14F4O7S2. The van der Waals surface area contributed by atoms with E-state index in [4.69, 9.17) is 4.55 Å². The molecule has 7 nitrogen and oxygen atoms in total. The number of halogens is 4. The Balaban J connectivity index is 2.73. The molecule has 23 heavy (non-hydrogen) atoms. The van der Waals surface area contributed by atoms with Crippen molar-refractivity contribution in [3.05, 3.63) is 0 Å². The Morgan fingerprint density at radius 2 is 1.87 bits per heavy atom. The minimum absolute atomic E-state index is 0.0779. The van der Waals surface area contributed by atoms with Crippen LogP contribution in [0.15, 0.2) is 0 Å². The molecular weight excluding hydrogens is 372 g/mol. The Hall–Kier alpha value is -0.950. The Labute approximate surface area is 129 Å². The van der Waals surface area contributed by atoms with Crippen LogP contribution < -0.4 is 0 Å². The van der Waals surface area contributed by atoms with E-state index in [0.717, 1.165) is 6.92 Å². The normalized spacial score (nSPS) is 23.5. The van der Waals surface area contributed by atoms with Crippen molar-refractivity contribution in [2.24, 2.45) is 5.92 Å². The molecule has 0 aromatic carbocycles. The van der Waals surface area contributed by atoms with Gasteiger partial charge in [0.15, 0.2) is 9.84 Å². The van der Waals surface area contributed by atoms with E-state index in [2.05, 4.69) is 4.74 Å². The molecule has 0 aromatic heterocycles. The zero-order valence-corrected chi connectivity index (χ0v) is 13.3. The number of esters is 1. The summed E-state index contributed by atoms with van der Waals surface area (Å²) in [5.74, 6) is -8.24. The van der Waals surface area contributed by atoms with Crippen molar-refractivity contribution in [2.45, 2.75) is 37.0 Å². The third kappa shape index (κ3) is 4.53. The van der Waals surface area contributed by atoms with Gasteiger partial charge >= 0.3 is 27.3 Å². The molecule has 13 heteroatoms. The van der Waals surface area contributed by atoms with Gasteiger partial charge in [0.1, 0.15) is 6.10 Å². The first-order valence-electron chi connectivity index (χ1n) is 6.22. The van der Waals surface area contributed by atoms with E-state index in [0.29, 0.717) is 0 Å². The molecule has 0 aliphatic carbocycles. The van der Waals surface area contributed by atoms with E-state index in [1.54, 1.807) is 0 Å². The van der Waals surface area contributed by atoms with Crippen molar-refractivity contribution >= 4 is 25.9 Å². The molecule has 1 aliphatic rings. The summed E-state index contributed by atoms with van der Waals surface area (Å²) < 4.78 is 108. The molecule has 2 unspecified atom stereocenters. The van der Waals surface area contributed by atoms with Crippen LogP contribution in [-0.4, -0.2) is 56.1 Å². The smallest absolute Gasteiger partial charge is 0.431 e. The summed E-state index contributed by atoms with van der Waals surface area (Å²) in [4.78, 5) is 11.6. The molecule has 1 heterocycles. The molecule has 0 bridgehead atoms. The van der Waals surface area contributed by atoms with Crippen LogP contribution >= 0.6 is 0 Å². The van der Waals surface area contributed by atoms with Gasteiger partial charge in [-0.2, -0.15) is 26.0 Å². The maximum Gasteiger partial charge on any atom is 0.431 e. The minimum Gasteiger partial charge on any atom is -0.462 e. The Morgan fingerprint density at radius 1 is 1.35 bits per heavy atom. The van der Waals surface area contributed by atoms with Crippen molar-refractivity contribution in [3.8, 4) is 0 Å². The standard InChI is InChI=1S/C10H14F4O7S2/c1-6(4-9(11,12)10(13,14)23(18,19)20)21-8(15)7-2-3-22(16,17)5-7/h6-7H,2-5H2,1H3,(H,18,19,20). The molecule has 1 rings (SSSR count). The fourth-order valence-corrected chi connectivity index (χ4v) is 4.17. The van der Waals surface area contributed by atoms with E-state index < -0.39 is 61.3 Å². The first-order valence-corrected chi connectivity index (χ1v) is 9.49. The SMILES string of the molecule is CC(CC(F)(F)C(F)(F)S(=O)(=O)O)OC(=O)C1CCS(=O)(=O)C1. The van der Waals surface area contributed by atoms with Gasteiger partial charge in [0.2, 0.25) is 0 Å². The van der Waals surface area contributed by atoms with Crippen LogP contribution in [0.25, 0.3) is 0 Å². The number of alkyl halides is 4. The van der Waals surface area contributed by atoms with Gasteiger partial charge in [-0.05, 0) is 13.3 Å². The largest absolute Gasteiger partial charge is 0.462 e. The van der Waals surface area contributed by atoms with Crippen LogP contribution in [0.2, 0.25) is 0 Å². The van der Waals surface area contributed by atoms with Gasteiger partial charge in [0, 0.05) is 0 Å². The summed E-state index contributed by atoms with van der Waals surface area (Å²) >= 11 is 0. The highest BCUT2D eigenvalue weighted by molar-refractivity contribution is 7.91. The predicted molar refractivity (Wildman–Crippen MR) is 68.4 cm³/mol. The molecule has 1 saturated heterocycles. The van der Waals surface area contributed by atoms with Crippen molar-refractivity contribution in [1.82, 2.24) is 0 Å². The fraction of sp³-hybridized carbons (Fsp3) is 0.900. The Morgan fingerprint density at radius 3 is 2.26 bits per heavy atom. The monoisotopic (exact) mass is 386 g/mol. The quantitative estimate of drug-likeness (QED) is 0.409. The van der Waals surface area contributed by atoms with E-state index in [1.807, 2.05) is 0 Å². The lowest BCUT2D eigenvalue weighted by atomic mass is 10.1. The fourth-order valence-electron chi connectivity index (χ4n) is 1.99. The zero-order chi connectivity index (χ0) is 18.3. The summed E-state index contributed by atoms with van der Waals surface area (Å²) in [6.45, 7) is 0.815. The average molecular weight is 386 g/mol. The molecule has 1 aliphatic heterocycles. The molecule has 0 amide bonds. The van der Waals surface area contributed by atoms with Gasteiger partial charge < -0.3 is 4.74 Å². The van der Waals surface area contributed by atoms with Crippen LogP contribution in [0.5, 0.6) is 0 Å². The average Bonchev–Trinajstić information content (AvgIpc) is 2.67. The van der Waals surface area contributed by atoms with Gasteiger partial charge in [0.25, 0.3) is 0 Å². The number of hydrogen-bond donors (Lipinski definition) is 1. The van der Waals surface area contributed by atoms with Crippen LogP contribution in [0.3, 0.4) is 0 Å². The second-order valence-corrected chi connectivity index (χ2v) is 8.94. The van der Waals surface area contributed by atoms with Gasteiger partial charge in [-0.1, -0.05) is 0 Å². The van der Waals surface area contributed by atoms with Gasteiger partial charge in [-0.25, -0.2) is 8.42 Å². The van der Waals surface area contributed by atoms with E-state index in [9.17, 15) is 39.2 Å². The molecule has 1 fully saturated rings. The van der Waals surface area contributed by atoms with Gasteiger partial charge in [-0.3, -0.25) is 9.35 Å². The summed E-state index contributed by atoms with van der Waals surface area (Å²) in [5, 5.41) is -5.75. The first-order chi connectivity index (χ1) is 10.1. The lowest BCUT2D eigenvalue weighted by Gasteiger charge is -2.26. The number of carbonyl (C=O) groups excluding carboxylic acids is 1. The minimum atomic E-state index is -6.37. The lowest BCUT2D eigenvalue weighted by Crippen LogP contribution is -2.48. The molecule has 0 spiro atoms. The lowest BCUT2D eigenvalue weighted by molar-refractivity contribution is -0.185. The molecule has 1 N–H and O–H groups in total. The number of rotatable bonds is 6. The first kappa shape index (κ1) is 20.1. The van der Waals surface area contributed by atoms with Crippen molar-refractivity contribution in [1.29, 1.82) is 0 Å². The number of ether oxygens (including phenoxy) is 1. The molecule has 136 valence electrons. The zero-order valence-electron chi connectivity index (χ0n) is 11.7. The molecule has 0 aromatic rings. The van der Waals surface area contributed by atoms with Gasteiger partial charge in [-0.15, -0.1) is 0 Å². The third-order valence-electron chi connectivity index (χ3n) is 3.18. The Kier molecular flexibility index (Phi) is 5.39. The highest BCUT2D eigenvalue weighted by Crippen LogP contribution is 2.41. The summed E-state index contributed by atoms with van der Waals surface area (Å²) in [6, 6.07) is 0.